The Kier molecular flexibility index (Phi) is 3.46. The fourth-order valence-electron chi connectivity index (χ4n) is 3.88. The van der Waals surface area contributed by atoms with Crippen LogP contribution in [-0.4, -0.2) is 11.6 Å². The highest BCUT2D eigenvalue weighted by Gasteiger charge is 2.39. The van der Waals surface area contributed by atoms with Gasteiger partial charge in [-0.3, -0.25) is 9.59 Å². The molecule has 0 aromatic rings. The van der Waals surface area contributed by atoms with Crippen molar-refractivity contribution in [3.8, 4) is 0 Å². The molecule has 4 atom stereocenters. The number of rotatable bonds is 2. The van der Waals surface area contributed by atoms with Gasteiger partial charge in [-0.2, -0.15) is 0 Å². The first-order chi connectivity index (χ1) is 7.59. The number of ketones is 2. The van der Waals surface area contributed by atoms with Crippen molar-refractivity contribution in [2.75, 3.05) is 0 Å². The third kappa shape index (κ3) is 2.21. The lowest BCUT2D eigenvalue weighted by Crippen LogP contribution is -2.26. The number of carbonyl (C=O) groups is 2. The molecule has 0 N–H and O–H groups in total. The molecule has 90 valence electrons. The first kappa shape index (κ1) is 11.8. The summed E-state index contributed by atoms with van der Waals surface area (Å²) in [6.45, 7) is 3.48. The van der Waals surface area contributed by atoms with Gasteiger partial charge in [-0.1, -0.05) is 6.42 Å². The fraction of sp³-hybridized carbons (Fsp3) is 0.857. The molecule has 2 rings (SSSR count). The van der Waals surface area contributed by atoms with Crippen molar-refractivity contribution < 1.29 is 9.59 Å². The second kappa shape index (κ2) is 4.68. The van der Waals surface area contributed by atoms with E-state index in [0.717, 1.165) is 25.7 Å². The Morgan fingerprint density at radius 3 is 1.62 bits per heavy atom. The molecule has 0 spiro atoms. The van der Waals surface area contributed by atoms with Gasteiger partial charge in [-0.15, -0.1) is 0 Å². The van der Waals surface area contributed by atoms with Crippen LogP contribution in [0, 0.1) is 23.7 Å². The SMILES string of the molecule is CC(=O)[C@H]1CCC[C@H](C(C)=O)[C@H]2CC[C@@H]1C2. The summed E-state index contributed by atoms with van der Waals surface area (Å²) in [7, 11) is 0. The van der Waals surface area contributed by atoms with Gasteiger partial charge in [0.1, 0.15) is 11.6 Å². The topological polar surface area (TPSA) is 34.1 Å². The van der Waals surface area contributed by atoms with Crippen molar-refractivity contribution >= 4 is 11.6 Å². The van der Waals surface area contributed by atoms with Gasteiger partial charge in [0.05, 0.1) is 0 Å². The van der Waals surface area contributed by atoms with E-state index in [1.165, 1.54) is 12.8 Å². The predicted molar refractivity (Wildman–Crippen MR) is 63.0 cm³/mol. The molecule has 0 saturated heterocycles. The maximum Gasteiger partial charge on any atom is 0.133 e. The summed E-state index contributed by atoms with van der Waals surface area (Å²) in [4.78, 5) is 23.2. The fourth-order valence-corrected chi connectivity index (χ4v) is 3.88. The van der Waals surface area contributed by atoms with E-state index in [4.69, 9.17) is 0 Å². The number of fused-ring (bicyclic) bond motifs is 2. The van der Waals surface area contributed by atoms with Crippen LogP contribution >= 0.6 is 0 Å². The van der Waals surface area contributed by atoms with Crippen LogP contribution in [-0.2, 0) is 9.59 Å². The van der Waals surface area contributed by atoms with Crippen LogP contribution in [0.1, 0.15) is 52.4 Å². The Morgan fingerprint density at radius 1 is 0.812 bits per heavy atom. The van der Waals surface area contributed by atoms with Crippen LogP contribution in [0.3, 0.4) is 0 Å². The predicted octanol–water partition coefficient (Wildman–Crippen LogP) is 3.00. The molecule has 2 bridgehead atoms. The lowest BCUT2D eigenvalue weighted by Gasteiger charge is -2.27. The summed E-state index contributed by atoms with van der Waals surface area (Å²) in [5.74, 6) is 2.46. The van der Waals surface area contributed by atoms with Gasteiger partial charge in [-0.25, -0.2) is 0 Å². The van der Waals surface area contributed by atoms with Gasteiger partial charge >= 0.3 is 0 Å². The van der Waals surface area contributed by atoms with Gasteiger partial charge in [-0.05, 0) is 57.8 Å². The summed E-state index contributed by atoms with van der Waals surface area (Å²) in [5, 5.41) is 0. The molecule has 2 aliphatic carbocycles. The Balaban J connectivity index is 2.10. The lowest BCUT2D eigenvalue weighted by molar-refractivity contribution is -0.123. The van der Waals surface area contributed by atoms with Crippen molar-refractivity contribution in [3.05, 3.63) is 0 Å². The molecule has 2 aliphatic rings. The highest BCUT2D eigenvalue weighted by molar-refractivity contribution is 5.80. The summed E-state index contributed by atoms with van der Waals surface area (Å²) < 4.78 is 0. The van der Waals surface area contributed by atoms with Gasteiger partial charge in [0, 0.05) is 11.8 Å². The standard InChI is InChI=1S/C14H22O2/c1-9(15)13-4-3-5-14(10(2)16)12-7-6-11(13)8-12/h11-14H,3-8H2,1-2H3/t11-,12+,13-,14-/m1/s1. The zero-order valence-electron chi connectivity index (χ0n) is 10.4. The molecule has 2 fully saturated rings. The van der Waals surface area contributed by atoms with Crippen molar-refractivity contribution in [2.24, 2.45) is 23.7 Å². The molecule has 0 amide bonds. The van der Waals surface area contributed by atoms with Crippen LogP contribution in [0.4, 0.5) is 0 Å². The minimum Gasteiger partial charge on any atom is -0.300 e. The lowest BCUT2D eigenvalue weighted by atomic mass is 9.76. The van der Waals surface area contributed by atoms with E-state index in [0.29, 0.717) is 23.4 Å². The van der Waals surface area contributed by atoms with Gasteiger partial charge in [0.15, 0.2) is 0 Å². The zero-order chi connectivity index (χ0) is 11.7. The van der Waals surface area contributed by atoms with Crippen LogP contribution in [0.25, 0.3) is 0 Å². The van der Waals surface area contributed by atoms with Gasteiger partial charge in [0.2, 0.25) is 0 Å². The van der Waals surface area contributed by atoms with E-state index in [2.05, 4.69) is 0 Å². The minimum atomic E-state index is 0.290. The highest BCUT2D eigenvalue weighted by Crippen LogP contribution is 2.45. The molecule has 0 aliphatic heterocycles. The molecule has 0 aromatic carbocycles. The first-order valence-corrected chi connectivity index (χ1v) is 6.60. The van der Waals surface area contributed by atoms with E-state index in [-0.39, 0.29) is 11.8 Å². The molecule has 0 aromatic heterocycles. The number of carbonyl (C=O) groups excluding carboxylic acids is 2. The first-order valence-electron chi connectivity index (χ1n) is 6.60. The van der Waals surface area contributed by atoms with E-state index in [1.54, 1.807) is 13.8 Å². The van der Waals surface area contributed by atoms with E-state index < -0.39 is 0 Å². The van der Waals surface area contributed by atoms with Crippen LogP contribution in [0.5, 0.6) is 0 Å². The maximum atomic E-state index is 11.6. The summed E-state index contributed by atoms with van der Waals surface area (Å²) in [6.07, 6.45) is 6.53. The van der Waals surface area contributed by atoms with Crippen LogP contribution in [0.15, 0.2) is 0 Å². The van der Waals surface area contributed by atoms with Crippen molar-refractivity contribution in [1.82, 2.24) is 0 Å². The monoisotopic (exact) mass is 222 g/mol. The Labute approximate surface area is 97.8 Å². The molecular formula is C14H22O2. The summed E-state index contributed by atoms with van der Waals surface area (Å²) in [6, 6.07) is 0. The Hall–Kier alpha value is -0.660. The molecule has 16 heavy (non-hydrogen) atoms. The number of hydrogen-bond donors (Lipinski definition) is 0. The summed E-state index contributed by atoms with van der Waals surface area (Å²) in [5.41, 5.74) is 0. The molecule has 2 heteroatoms. The zero-order valence-corrected chi connectivity index (χ0v) is 10.4. The average molecular weight is 222 g/mol. The third-order valence-corrected chi connectivity index (χ3v) is 4.73. The minimum absolute atomic E-state index is 0.290. The largest absolute Gasteiger partial charge is 0.300 e. The molecule has 0 radical (unpaired) electrons. The van der Waals surface area contributed by atoms with Crippen molar-refractivity contribution in [1.29, 1.82) is 0 Å². The van der Waals surface area contributed by atoms with Crippen LogP contribution in [0.2, 0.25) is 0 Å². The molecular weight excluding hydrogens is 200 g/mol. The second-order valence-electron chi connectivity index (χ2n) is 5.70. The normalized spacial score (nSPS) is 38.9. The van der Waals surface area contributed by atoms with E-state index in [1.807, 2.05) is 0 Å². The number of hydrogen-bond acceptors (Lipinski definition) is 2. The Morgan fingerprint density at radius 2 is 1.25 bits per heavy atom. The quantitative estimate of drug-likeness (QED) is 0.719. The van der Waals surface area contributed by atoms with Crippen molar-refractivity contribution in [3.63, 3.8) is 0 Å². The summed E-state index contributed by atoms with van der Waals surface area (Å²) >= 11 is 0. The molecule has 2 nitrogen and oxygen atoms in total. The average Bonchev–Trinajstić information content (AvgIpc) is 2.63. The molecule has 0 heterocycles. The maximum absolute atomic E-state index is 11.6. The number of Topliss-reactive ketones (excluding diaryl/α,β-unsaturated/α-hetero) is 2. The van der Waals surface area contributed by atoms with Crippen LogP contribution < -0.4 is 0 Å². The smallest absolute Gasteiger partial charge is 0.133 e. The van der Waals surface area contributed by atoms with Gasteiger partial charge in [0.25, 0.3) is 0 Å². The Bertz CT molecular complexity index is 267. The molecule has 2 saturated carbocycles. The second-order valence-corrected chi connectivity index (χ2v) is 5.70. The van der Waals surface area contributed by atoms with Crippen molar-refractivity contribution in [2.45, 2.75) is 52.4 Å². The third-order valence-electron chi connectivity index (χ3n) is 4.73. The van der Waals surface area contributed by atoms with E-state index in [9.17, 15) is 9.59 Å². The highest BCUT2D eigenvalue weighted by atomic mass is 16.1. The van der Waals surface area contributed by atoms with Gasteiger partial charge < -0.3 is 0 Å². The van der Waals surface area contributed by atoms with E-state index >= 15 is 0 Å². The molecule has 0 unspecified atom stereocenters.